The number of imide groups is 1. The number of carbonyl (C=O) groups excluding carboxylic acids is 3. The first-order valence-electron chi connectivity index (χ1n) is 12.4. The molecule has 3 amide bonds. The van der Waals surface area contributed by atoms with Crippen LogP contribution in [0, 0.1) is 0 Å². The number of rotatable bonds is 3. The van der Waals surface area contributed by atoms with Crippen LogP contribution < -0.4 is 14.4 Å². The Bertz CT molecular complexity index is 1630. The van der Waals surface area contributed by atoms with E-state index in [-0.39, 0.29) is 5.91 Å². The number of H-pyrrole nitrogens is 1. The molecule has 0 radical (unpaired) electrons. The van der Waals surface area contributed by atoms with Crippen LogP contribution in [0.4, 0.5) is 10.5 Å². The molecule has 38 heavy (non-hydrogen) atoms. The lowest BCUT2D eigenvalue weighted by molar-refractivity contribution is -0.120. The molecule has 0 saturated carbocycles. The van der Waals surface area contributed by atoms with E-state index in [0.29, 0.717) is 42.4 Å². The van der Waals surface area contributed by atoms with E-state index in [1.807, 2.05) is 24.3 Å². The number of hydrogen-bond donors (Lipinski definition) is 1. The van der Waals surface area contributed by atoms with Crippen LogP contribution in [0.15, 0.2) is 66.7 Å². The fourth-order valence-corrected chi connectivity index (χ4v) is 5.75. The summed E-state index contributed by atoms with van der Waals surface area (Å²) in [7, 11) is 1.33. The van der Waals surface area contributed by atoms with E-state index in [4.69, 9.17) is 14.2 Å². The number of urea groups is 1. The van der Waals surface area contributed by atoms with Gasteiger partial charge in [0.05, 0.1) is 18.4 Å². The molecule has 7 rings (SSSR count). The minimum absolute atomic E-state index is 0.293. The Kier molecular flexibility index (Phi) is 4.94. The Hall–Kier alpha value is -4.79. The number of benzene rings is 3. The molecule has 1 fully saturated rings. The molecule has 9 heteroatoms. The monoisotopic (exact) mass is 509 g/mol. The van der Waals surface area contributed by atoms with Crippen molar-refractivity contribution >= 4 is 34.5 Å². The Morgan fingerprint density at radius 3 is 2.53 bits per heavy atom. The molecule has 2 unspecified atom stereocenters. The number of nitrogens with zero attached hydrogens (tertiary/aromatic N) is 2. The van der Waals surface area contributed by atoms with Crippen molar-refractivity contribution in [2.45, 2.75) is 18.5 Å². The maximum atomic E-state index is 14.0. The minimum atomic E-state index is -0.687. The van der Waals surface area contributed by atoms with Crippen molar-refractivity contribution in [1.29, 1.82) is 0 Å². The van der Waals surface area contributed by atoms with Crippen LogP contribution >= 0.6 is 0 Å². The topological polar surface area (TPSA) is 101 Å². The summed E-state index contributed by atoms with van der Waals surface area (Å²) in [5.74, 6) is 0.354. The van der Waals surface area contributed by atoms with E-state index in [0.717, 1.165) is 27.7 Å². The number of ether oxygens (including phenoxy) is 3. The second-order valence-electron chi connectivity index (χ2n) is 9.49. The number of aromatic nitrogens is 1. The normalized spacial score (nSPS) is 19.9. The van der Waals surface area contributed by atoms with Crippen molar-refractivity contribution in [1.82, 2.24) is 9.88 Å². The molecule has 190 valence electrons. The predicted octanol–water partition coefficient (Wildman–Crippen LogP) is 4.21. The summed E-state index contributed by atoms with van der Waals surface area (Å²) >= 11 is 0. The van der Waals surface area contributed by atoms with Gasteiger partial charge in [-0.25, -0.2) is 14.5 Å². The fraction of sp³-hybridized carbons (Fsp3) is 0.207. The van der Waals surface area contributed by atoms with Gasteiger partial charge in [0.15, 0.2) is 11.5 Å². The first-order valence-corrected chi connectivity index (χ1v) is 12.4. The lowest BCUT2D eigenvalue weighted by Crippen LogP contribution is -2.44. The number of amides is 3. The van der Waals surface area contributed by atoms with Gasteiger partial charge in [0, 0.05) is 29.1 Å². The van der Waals surface area contributed by atoms with Crippen molar-refractivity contribution in [3.63, 3.8) is 0 Å². The van der Waals surface area contributed by atoms with Crippen LogP contribution in [0.3, 0.4) is 0 Å². The number of para-hydroxylation sites is 1. The number of aromatic amines is 1. The Morgan fingerprint density at radius 1 is 0.974 bits per heavy atom. The molecule has 3 aliphatic heterocycles. The van der Waals surface area contributed by atoms with Crippen molar-refractivity contribution in [3.05, 3.63) is 89.1 Å². The smallest absolute Gasteiger partial charge is 0.337 e. The molecule has 4 aromatic rings. The molecule has 0 aliphatic carbocycles. The minimum Gasteiger partial charge on any atom is -0.486 e. The van der Waals surface area contributed by atoms with Crippen molar-refractivity contribution < 1.29 is 28.6 Å². The van der Waals surface area contributed by atoms with Gasteiger partial charge < -0.3 is 19.2 Å². The Labute approximate surface area is 217 Å². The van der Waals surface area contributed by atoms with E-state index < -0.39 is 24.1 Å². The Balaban J connectivity index is 1.35. The van der Waals surface area contributed by atoms with Crippen molar-refractivity contribution in [3.8, 4) is 11.5 Å². The first kappa shape index (κ1) is 22.4. The summed E-state index contributed by atoms with van der Waals surface area (Å²) in [4.78, 5) is 46.3. The predicted molar refractivity (Wildman–Crippen MR) is 138 cm³/mol. The van der Waals surface area contributed by atoms with Gasteiger partial charge in [-0.2, -0.15) is 0 Å². The number of anilines is 1. The highest BCUT2D eigenvalue weighted by Gasteiger charge is 2.53. The lowest BCUT2D eigenvalue weighted by atomic mass is 9.88. The van der Waals surface area contributed by atoms with Crippen molar-refractivity contribution in [2.75, 3.05) is 25.2 Å². The first-order chi connectivity index (χ1) is 18.5. The number of carbonyl (C=O) groups is 3. The van der Waals surface area contributed by atoms with Crippen LogP contribution in [-0.4, -0.2) is 54.2 Å². The number of esters is 1. The zero-order valence-corrected chi connectivity index (χ0v) is 20.5. The van der Waals surface area contributed by atoms with Crippen LogP contribution in [0.5, 0.6) is 11.5 Å². The molecule has 1 saturated heterocycles. The summed E-state index contributed by atoms with van der Waals surface area (Å²) < 4.78 is 16.2. The third-order valence-electron chi connectivity index (χ3n) is 7.48. The van der Waals surface area contributed by atoms with Gasteiger partial charge in [-0.05, 0) is 41.5 Å². The molecular formula is C29H23N3O6. The molecule has 9 nitrogen and oxygen atoms in total. The summed E-state index contributed by atoms with van der Waals surface area (Å²) in [6, 6.07) is 18.3. The van der Waals surface area contributed by atoms with Gasteiger partial charge in [0.25, 0.3) is 5.91 Å². The highest BCUT2D eigenvalue weighted by Crippen LogP contribution is 2.45. The molecule has 2 atom stereocenters. The second kappa shape index (κ2) is 8.37. The fourth-order valence-electron chi connectivity index (χ4n) is 5.75. The molecule has 1 aromatic heterocycles. The number of methoxy groups -OCH3 is 1. The molecular weight excluding hydrogens is 486 g/mol. The Morgan fingerprint density at radius 2 is 1.74 bits per heavy atom. The highest BCUT2D eigenvalue weighted by molar-refractivity contribution is 6.22. The van der Waals surface area contributed by atoms with Gasteiger partial charge in [0.1, 0.15) is 25.3 Å². The molecule has 1 N–H and O–H groups in total. The average molecular weight is 510 g/mol. The highest BCUT2D eigenvalue weighted by atomic mass is 16.6. The maximum Gasteiger partial charge on any atom is 0.337 e. The molecule has 0 bridgehead atoms. The quantitative estimate of drug-likeness (QED) is 0.328. The van der Waals surface area contributed by atoms with E-state index in [1.54, 1.807) is 47.4 Å². The van der Waals surface area contributed by atoms with Crippen LogP contribution in [0.1, 0.15) is 33.2 Å². The summed E-state index contributed by atoms with van der Waals surface area (Å²) in [5, 5.41) is 1.02. The third-order valence-corrected chi connectivity index (χ3v) is 7.48. The van der Waals surface area contributed by atoms with E-state index in [9.17, 15) is 14.4 Å². The molecule has 3 aliphatic rings. The number of nitrogens with one attached hydrogen (secondary N) is 1. The van der Waals surface area contributed by atoms with Gasteiger partial charge in [-0.1, -0.05) is 30.3 Å². The van der Waals surface area contributed by atoms with Gasteiger partial charge >= 0.3 is 12.0 Å². The van der Waals surface area contributed by atoms with Crippen LogP contribution in [-0.2, 0) is 16.0 Å². The van der Waals surface area contributed by atoms with E-state index >= 15 is 0 Å². The summed E-state index contributed by atoms with van der Waals surface area (Å²) in [6.07, 6.45) is 0.391. The van der Waals surface area contributed by atoms with E-state index in [1.165, 1.54) is 12.0 Å². The van der Waals surface area contributed by atoms with Crippen LogP contribution in [0.2, 0.25) is 0 Å². The summed E-state index contributed by atoms with van der Waals surface area (Å²) in [6.45, 7) is 0.852. The van der Waals surface area contributed by atoms with Gasteiger partial charge in [-0.3, -0.25) is 9.69 Å². The number of fused-ring (bicyclic) bond motifs is 5. The standard InChI is InChI=1S/C29H23N3O6/c1-36-28(34)17-8-6-16(7-9-17)26-25-20(19-4-2-3-5-21(19)30-25)15-22-27(33)31(29(35)32(22)26)18-10-11-23-24(14-18)38-13-12-37-23/h2-11,14,22,26,30H,12-13,15H2,1H3. The molecule has 3 aromatic carbocycles. The van der Waals surface area contributed by atoms with Crippen molar-refractivity contribution in [2.24, 2.45) is 0 Å². The summed E-state index contributed by atoms with van der Waals surface area (Å²) in [5.41, 5.74) is 4.43. The SMILES string of the molecule is COC(=O)c1ccc(C2c3[nH]c4ccccc4c3CC3C(=O)N(c4ccc5c(c4)OCCO5)C(=O)N32)cc1. The lowest BCUT2D eigenvalue weighted by Gasteiger charge is -2.36. The van der Waals surface area contributed by atoms with Gasteiger partial charge in [0.2, 0.25) is 0 Å². The maximum absolute atomic E-state index is 14.0. The van der Waals surface area contributed by atoms with Gasteiger partial charge in [-0.15, -0.1) is 0 Å². The van der Waals surface area contributed by atoms with E-state index in [2.05, 4.69) is 4.98 Å². The zero-order chi connectivity index (χ0) is 26.0. The molecule has 0 spiro atoms. The largest absolute Gasteiger partial charge is 0.486 e. The zero-order valence-electron chi connectivity index (χ0n) is 20.5. The molecule has 4 heterocycles. The third kappa shape index (κ3) is 3.21. The number of hydrogen-bond acceptors (Lipinski definition) is 6. The van der Waals surface area contributed by atoms with Crippen LogP contribution in [0.25, 0.3) is 10.9 Å². The second-order valence-corrected chi connectivity index (χ2v) is 9.49. The average Bonchev–Trinajstić information content (AvgIpc) is 3.45.